The molecule has 0 spiro atoms. The number of furan rings is 1. The molecule has 0 aliphatic heterocycles. The van der Waals surface area contributed by atoms with Crippen molar-refractivity contribution in [2.45, 2.75) is 25.3 Å². The molecule has 1 saturated carbocycles. The van der Waals surface area contributed by atoms with Gasteiger partial charge in [-0.25, -0.2) is 5.43 Å². The maximum Gasteiger partial charge on any atom is 0.152 e. The second-order valence-electron chi connectivity index (χ2n) is 4.64. The zero-order valence-electron chi connectivity index (χ0n) is 9.45. The first kappa shape index (κ1) is 11.1. The van der Waals surface area contributed by atoms with E-state index in [0.29, 0.717) is 10.9 Å². The van der Waals surface area contributed by atoms with Crippen molar-refractivity contribution in [1.29, 1.82) is 0 Å². The van der Waals surface area contributed by atoms with E-state index in [0.717, 1.165) is 16.7 Å². The molecule has 1 aromatic heterocycles. The summed E-state index contributed by atoms with van der Waals surface area (Å²) >= 11 is 6.10. The summed E-state index contributed by atoms with van der Waals surface area (Å²) < 4.78 is 5.83. The molecule has 4 heteroatoms. The molecule has 1 aromatic carbocycles. The van der Waals surface area contributed by atoms with E-state index >= 15 is 0 Å². The van der Waals surface area contributed by atoms with Crippen LogP contribution in [-0.4, -0.2) is 0 Å². The molecule has 1 aliphatic carbocycles. The number of hydrogen-bond acceptors (Lipinski definition) is 3. The van der Waals surface area contributed by atoms with Gasteiger partial charge in [0.15, 0.2) is 5.58 Å². The van der Waals surface area contributed by atoms with Gasteiger partial charge in [0.2, 0.25) is 0 Å². The summed E-state index contributed by atoms with van der Waals surface area (Å²) in [6, 6.07) is 7.91. The smallest absolute Gasteiger partial charge is 0.152 e. The van der Waals surface area contributed by atoms with Crippen molar-refractivity contribution in [3.05, 3.63) is 35.0 Å². The molecule has 1 unspecified atom stereocenters. The molecule has 3 rings (SSSR count). The molecule has 0 radical (unpaired) electrons. The summed E-state index contributed by atoms with van der Waals surface area (Å²) in [5, 5.41) is 1.69. The highest BCUT2D eigenvalue weighted by atomic mass is 35.5. The van der Waals surface area contributed by atoms with Crippen LogP contribution in [0.4, 0.5) is 0 Å². The third kappa shape index (κ3) is 1.84. The van der Waals surface area contributed by atoms with Gasteiger partial charge < -0.3 is 4.42 Å². The van der Waals surface area contributed by atoms with Crippen LogP contribution >= 0.6 is 11.6 Å². The molecule has 0 amide bonds. The summed E-state index contributed by atoms with van der Waals surface area (Å²) in [7, 11) is 0. The summed E-state index contributed by atoms with van der Waals surface area (Å²) in [4.78, 5) is 0. The summed E-state index contributed by atoms with van der Waals surface area (Å²) in [5.41, 5.74) is 3.62. The molecular formula is C13H15ClN2O. The third-order valence-electron chi connectivity index (χ3n) is 3.62. The number of halogens is 1. The zero-order valence-corrected chi connectivity index (χ0v) is 10.2. The molecule has 2 aromatic rings. The van der Waals surface area contributed by atoms with Crippen LogP contribution in [0.25, 0.3) is 11.0 Å². The van der Waals surface area contributed by atoms with Crippen molar-refractivity contribution in [3.8, 4) is 0 Å². The molecule has 90 valence electrons. The monoisotopic (exact) mass is 250 g/mol. The van der Waals surface area contributed by atoms with Crippen molar-refractivity contribution >= 4 is 22.6 Å². The van der Waals surface area contributed by atoms with Crippen LogP contribution < -0.4 is 11.3 Å². The van der Waals surface area contributed by atoms with Crippen molar-refractivity contribution in [3.63, 3.8) is 0 Å². The van der Waals surface area contributed by atoms with Crippen LogP contribution in [-0.2, 0) is 0 Å². The van der Waals surface area contributed by atoms with Gasteiger partial charge in [0.1, 0.15) is 5.76 Å². The molecule has 3 nitrogen and oxygen atoms in total. The topological polar surface area (TPSA) is 51.2 Å². The Morgan fingerprint density at radius 3 is 2.82 bits per heavy atom. The highest BCUT2D eigenvalue weighted by Crippen LogP contribution is 2.39. The van der Waals surface area contributed by atoms with Crippen LogP contribution in [0.1, 0.15) is 31.1 Å². The van der Waals surface area contributed by atoms with E-state index in [9.17, 15) is 0 Å². The Morgan fingerprint density at radius 1 is 1.41 bits per heavy atom. The van der Waals surface area contributed by atoms with Gasteiger partial charge in [0.05, 0.1) is 11.1 Å². The SMILES string of the molecule is NNC(c1cc2cccc(Cl)c2o1)C1CCC1. The average Bonchev–Trinajstić information content (AvgIpc) is 2.68. The fourth-order valence-corrected chi connectivity index (χ4v) is 2.64. The number of hydrazine groups is 1. The van der Waals surface area contributed by atoms with Gasteiger partial charge in [-0.2, -0.15) is 0 Å². The van der Waals surface area contributed by atoms with E-state index < -0.39 is 0 Å². The molecule has 1 heterocycles. The Kier molecular flexibility index (Phi) is 2.82. The van der Waals surface area contributed by atoms with E-state index in [2.05, 4.69) is 5.43 Å². The molecule has 1 aliphatic rings. The lowest BCUT2D eigenvalue weighted by atomic mass is 9.79. The number of rotatable bonds is 3. The van der Waals surface area contributed by atoms with Crippen LogP contribution in [0.2, 0.25) is 5.02 Å². The molecular weight excluding hydrogens is 236 g/mol. The number of nitrogens with two attached hydrogens (primary N) is 1. The Balaban J connectivity index is 2.01. The highest BCUT2D eigenvalue weighted by molar-refractivity contribution is 6.34. The number of nitrogens with one attached hydrogen (secondary N) is 1. The number of fused-ring (bicyclic) bond motifs is 1. The van der Waals surface area contributed by atoms with E-state index in [1.54, 1.807) is 0 Å². The molecule has 17 heavy (non-hydrogen) atoms. The quantitative estimate of drug-likeness (QED) is 0.649. The Morgan fingerprint density at radius 2 is 2.24 bits per heavy atom. The Bertz CT molecular complexity index is 533. The number of hydrogen-bond donors (Lipinski definition) is 2. The molecule has 1 fully saturated rings. The van der Waals surface area contributed by atoms with Crippen LogP contribution in [0.15, 0.2) is 28.7 Å². The minimum absolute atomic E-state index is 0.104. The minimum Gasteiger partial charge on any atom is -0.458 e. The van der Waals surface area contributed by atoms with Gasteiger partial charge in [-0.05, 0) is 30.9 Å². The molecule has 0 saturated heterocycles. The predicted octanol–water partition coefficient (Wildman–Crippen LogP) is 3.39. The first-order chi connectivity index (χ1) is 8.29. The third-order valence-corrected chi connectivity index (χ3v) is 3.92. The summed E-state index contributed by atoms with van der Waals surface area (Å²) in [6.45, 7) is 0. The number of benzene rings is 1. The van der Waals surface area contributed by atoms with Crippen LogP contribution in [0.3, 0.4) is 0 Å². The lowest BCUT2D eigenvalue weighted by Crippen LogP contribution is -2.36. The lowest BCUT2D eigenvalue weighted by Gasteiger charge is -2.31. The maximum atomic E-state index is 6.10. The normalized spacial score (nSPS) is 18.2. The first-order valence-corrected chi connectivity index (χ1v) is 6.31. The van der Waals surface area contributed by atoms with E-state index in [4.69, 9.17) is 21.9 Å². The first-order valence-electron chi connectivity index (χ1n) is 5.93. The van der Waals surface area contributed by atoms with Gasteiger partial charge in [-0.15, -0.1) is 0 Å². The second kappa shape index (κ2) is 4.33. The molecule has 0 bridgehead atoms. The van der Waals surface area contributed by atoms with Gasteiger partial charge in [-0.3, -0.25) is 5.84 Å². The van der Waals surface area contributed by atoms with Crippen molar-refractivity contribution in [2.75, 3.05) is 0 Å². The van der Waals surface area contributed by atoms with Gasteiger partial charge in [0, 0.05) is 5.39 Å². The van der Waals surface area contributed by atoms with E-state index in [1.807, 2.05) is 24.3 Å². The van der Waals surface area contributed by atoms with Crippen molar-refractivity contribution in [1.82, 2.24) is 5.43 Å². The van der Waals surface area contributed by atoms with E-state index in [-0.39, 0.29) is 6.04 Å². The van der Waals surface area contributed by atoms with Crippen molar-refractivity contribution in [2.24, 2.45) is 11.8 Å². The number of para-hydroxylation sites is 1. The van der Waals surface area contributed by atoms with E-state index in [1.165, 1.54) is 19.3 Å². The van der Waals surface area contributed by atoms with Gasteiger partial charge in [-0.1, -0.05) is 30.2 Å². The summed E-state index contributed by atoms with van der Waals surface area (Å²) in [6.07, 6.45) is 3.70. The van der Waals surface area contributed by atoms with Crippen molar-refractivity contribution < 1.29 is 4.42 Å². The van der Waals surface area contributed by atoms with Crippen LogP contribution in [0, 0.1) is 5.92 Å². The largest absolute Gasteiger partial charge is 0.458 e. The minimum atomic E-state index is 0.104. The molecule has 1 atom stereocenters. The highest BCUT2D eigenvalue weighted by Gasteiger charge is 2.30. The molecule has 3 N–H and O–H groups in total. The fourth-order valence-electron chi connectivity index (χ4n) is 2.42. The lowest BCUT2D eigenvalue weighted by molar-refractivity contribution is 0.211. The maximum absolute atomic E-state index is 6.10. The fraction of sp³-hybridized carbons (Fsp3) is 0.385. The summed E-state index contributed by atoms with van der Waals surface area (Å²) in [5.74, 6) is 7.10. The van der Waals surface area contributed by atoms with Gasteiger partial charge >= 0.3 is 0 Å². The second-order valence-corrected chi connectivity index (χ2v) is 5.05. The van der Waals surface area contributed by atoms with Crippen LogP contribution in [0.5, 0.6) is 0 Å². The Labute approximate surface area is 105 Å². The predicted molar refractivity (Wildman–Crippen MR) is 68.6 cm³/mol. The standard InChI is InChI=1S/C13H15ClN2O/c14-10-6-2-5-9-7-11(17-13(9)10)12(16-15)8-3-1-4-8/h2,5-8,12,16H,1,3-4,15H2. The van der Waals surface area contributed by atoms with Gasteiger partial charge in [0.25, 0.3) is 0 Å². The Hall–Kier alpha value is -1.03. The average molecular weight is 251 g/mol. The zero-order chi connectivity index (χ0) is 11.8.